The Bertz CT molecular complexity index is 289. The van der Waals surface area contributed by atoms with Gasteiger partial charge in [-0.25, -0.2) is 4.98 Å². The summed E-state index contributed by atoms with van der Waals surface area (Å²) in [5.41, 5.74) is 1.79. The third-order valence-corrected chi connectivity index (χ3v) is 3.45. The molecule has 0 bridgehead atoms. The fourth-order valence-electron chi connectivity index (χ4n) is 1.37. The third-order valence-electron chi connectivity index (χ3n) is 2.63. The largest absolute Gasteiger partial charge is 0.311 e. The summed E-state index contributed by atoms with van der Waals surface area (Å²) in [4.78, 5) is 4.41. The van der Waals surface area contributed by atoms with Crippen molar-refractivity contribution in [1.82, 2.24) is 10.3 Å². The molecule has 0 saturated heterocycles. The Hall–Kier alpha value is -0.410. The fourth-order valence-corrected chi connectivity index (χ4v) is 1.98. The van der Waals surface area contributed by atoms with Gasteiger partial charge in [-0.05, 0) is 25.2 Å². The van der Waals surface area contributed by atoms with Gasteiger partial charge in [0.15, 0.2) is 0 Å². The minimum atomic E-state index is 0.602. The average Bonchev–Trinajstić information content (AvgIpc) is 2.65. The van der Waals surface area contributed by atoms with E-state index >= 15 is 0 Å². The van der Waals surface area contributed by atoms with Crippen molar-refractivity contribution in [1.29, 1.82) is 0 Å². The van der Waals surface area contributed by atoms with E-state index in [4.69, 9.17) is 0 Å². The van der Waals surface area contributed by atoms with Gasteiger partial charge >= 0.3 is 0 Å². The second-order valence-corrected chi connectivity index (χ2v) is 5.33. The maximum Gasteiger partial charge on any atom is 0.0897 e. The van der Waals surface area contributed by atoms with E-state index in [1.165, 1.54) is 18.5 Å². The maximum absolute atomic E-state index is 4.41. The van der Waals surface area contributed by atoms with Gasteiger partial charge in [-0.15, -0.1) is 11.3 Å². The monoisotopic (exact) mass is 196 g/mol. The van der Waals surface area contributed by atoms with Gasteiger partial charge in [0.1, 0.15) is 0 Å². The number of thiazole rings is 1. The number of hydrogen-bond donors (Lipinski definition) is 1. The highest BCUT2D eigenvalue weighted by Gasteiger charge is 2.36. The van der Waals surface area contributed by atoms with Crippen LogP contribution in [0.5, 0.6) is 0 Å². The van der Waals surface area contributed by atoms with Gasteiger partial charge in [0.2, 0.25) is 0 Å². The molecule has 1 N–H and O–H groups in total. The standard InChI is InChI=1S/C10H16N2S/c1-8-12-9(6-13-8)5-11-7-10(2)3-4-10/h6,11H,3-5,7H2,1-2H3. The van der Waals surface area contributed by atoms with Crippen molar-refractivity contribution in [2.45, 2.75) is 33.2 Å². The maximum atomic E-state index is 4.41. The molecular formula is C10H16N2S. The molecule has 1 fully saturated rings. The minimum absolute atomic E-state index is 0.602. The number of nitrogens with zero attached hydrogens (tertiary/aromatic N) is 1. The van der Waals surface area contributed by atoms with Gasteiger partial charge in [0.05, 0.1) is 10.7 Å². The van der Waals surface area contributed by atoms with Crippen LogP contribution in [0, 0.1) is 12.3 Å². The summed E-state index contributed by atoms with van der Waals surface area (Å²) in [6.45, 7) is 6.46. The summed E-state index contributed by atoms with van der Waals surface area (Å²) in [6.07, 6.45) is 2.77. The fraction of sp³-hybridized carbons (Fsp3) is 0.700. The van der Waals surface area contributed by atoms with Crippen LogP contribution in [0.1, 0.15) is 30.5 Å². The molecule has 1 aliphatic carbocycles. The first-order valence-electron chi connectivity index (χ1n) is 4.80. The summed E-state index contributed by atoms with van der Waals surface area (Å²) in [6, 6.07) is 0. The van der Waals surface area contributed by atoms with Crippen LogP contribution in [-0.4, -0.2) is 11.5 Å². The normalized spacial score (nSPS) is 18.9. The van der Waals surface area contributed by atoms with Crippen LogP contribution in [0.25, 0.3) is 0 Å². The molecule has 2 nitrogen and oxygen atoms in total. The Morgan fingerprint density at radius 2 is 2.38 bits per heavy atom. The van der Waals surface area contributed by atoms with Crippen LogP contribution in [0.4, 0.5) is 0 Å². The van der Waals surface area contributed by atoms with E-state index in [0.717, 1.165) is 18.1 Å². The number of nitrogens with one attached hydrogen (secondary N) is 1. The van der Waals surface area contributed by atoms with Gasteiger partial charge < -0.3 is 5.32 Å². The minimum Gasteiger partial charge on any atom is -0.311 e. The molecule has 1 heterocycles. The third kappa shape index (κ3) is 2.51. The highest BCUT2D eigenvalue weighted by atomic mass is 32.1. The van der Waals surface area contributed by atoms with Gasteiger partial charge in [-0.2, -0.15) is 0 Å². The van der Waals surface area contributed by atoms with Crippen molar-refractivity contribution in [2.24, 2.45) is 5.41 Å². The zero-order chi connectivity index (χ0) is 9.31. The Labute approximate surface area is 83.4 Å². The van der Waals surface area contributed by atoms with Crippen molar-refractivity contribution in [3.63, 3.8) is 0 Å². The van der Waals surface area contributed by atoms with Crippen molar-refractivity contribution < 1.29 is 0 Å². The quantitative estimate of drug-likeness (QED) is 0.799. The molecule has 1 aliphatic rings. The number of hydrogen-bond acceptors (Lipinski definition) is 3. The Balaban J connectivity index is 1.73. The Morgan fingerprint density at radius 1 is 1.62 bits per heavy atom. The molecule has 2 rings (SSSR count). The first-order chi connectivity index (χ1) is 6.18. The molecule has 0 aliphatic heterocycles. The topological polar surface area (TPSA) is 24.9 Å². The number of aromatic nitrogens is 1. The summed E-state index contributed by atoms with van der Waals surface area (Å²) >= 11 is 1.73. The summed E-state index contributed by atoms with van der Waals surface area (Å²) < 4.78 is 0. The van der Waals surface area contributed by atoms with E-state index in [-0.39, 0.29) is 0 Å². The SMILES string of the molecule is Cc1nc(CNCC2(C)CC2)cs1. The van der Waals surface area contributed by atoms with Gasteiger partial charge in [-0.1, -0.05) is 6.92 Å². The lowest BCUT2D eigenvalue weighted by Gasteiger charge is -2.07. The van der Waals surface area contributed by atoms with E-state index in [0.29, 0.717) is 5.41 Å². The van der Waals surface area contributed by atoms with Crippen molar-refractivity contribution in [3.8, 4) is 0 Å². The molecule has 0 unspecified atom stereocenters. The zero-order valence-corrected chi connectivity index (χ0v) is 9.08. The van der Waals surface area contributed by atoms with E-state index in [1.54, 1.807) is 11.3 Å². The van der Waals surface area contributed by atoms with Crippen LogP contribution >= 0.6 is 11.3 Å². The predicted molar refractivity (Wildman–Crippen MR) is 55.9 cm³/mol. The number of rotatable bonds is 4. The molecule has 0 aromatic carbocycles. The highest BCUT2D eigenvalue weighted by Crippen LogP contribution is 2.44. The van der Waals surface area contributed by atoms with E-state index in [2.05, 4.69) is 29.5 Å². The van der Waals surface area contributed by atoms with E-state index in [9.17, 15) is 0 Å². The molecular weight excluding hydrogens is 180 g/mol. The molecule has 0 amide bonds. The van der Waals surface area contributed by atoms with Crippen LogP contribution in [0.2, 0.25) is 0 Å². The first kappa shape index (κ1) is 9.16. The molecule has 1 aromatic heterocycles. The highest BCUT2D eigenvalue weighted by molar-refractivity contribution is 7.09. The molecule has 3 heteroatoms. The first-order valence-corrected chi connectivity index (χ1v) is 5.68. The second-order valence-electron chi connectivity index (χ2n) is 4.27. The molecule has 0 radical (unpaired) electrons. The molecule has 0 spiro atoms. The summed E-state index contributed by atoms with van der Waals surface area (Å²) in [5.74, 6) is 0. The lowest BCUT2D eigenvalue weighted by molar-refractivity contribution is 0.497. The van der Waals surface area contributed by atoms with Crippen molar-refractivity contribution in [3.05, 3.63) is 16.1 Å². The molecule has 72 valence electrons. The lowest BCUT2D eigenvalue weighted by Crippen LogP contribution is -2.21. The molecule has 13 heavy (non-hydrogen) atoms. The van der Waals surface area contributed by atoms with Gasteiger partial charge in [-0.3, -0.25) is 0 Å². The molecule has 1 saturated carbocycles. The average molecular weight is 196 g/mol. The van der Waals surface area contributed by atoms with Gasteiger partial charge in [0.25, 0.3) is 0 Å². The predicted octanol–water partition coefficient (Wildman–Crippen LogP) is 2.34. The molecule has 1 aromatic rings. The lowest BCUT2D eigenvalue weighted by atomic mass is 10.1. The van der Waals surface area contributed by atoms with Crippen LogP contribution < -0.4 is 5.32 Å². The van der Waals surface area contributed by atoms with E-state index < -0.39 is 0 Å². The van der Waals surface area contributed by atoms with Crippen LogP contribution in [0.3, 0.4) is 0 Å². The van der Waals surface area contributed by atoms with Crippen LogP contribution in [-0.2, 0) is 6.54 Å². The Morgan fingerprint density at radius 3 is 2.92 bits per heavy atom. The van der Waals surface area contributed by atoms with Crippen LogP contribution in [0.15, 0.2) is 5.38 Å². The van der Waals surface area contributed by atoms with Crippen molar-refractivity contribution >= 4 is 11.3 Å². The smallest absolute Gasteiger partial charge is 0.0897 e. The van der Waals surface area contributed by atoms with E-state index in [1.807, 2.05) is 0 Å². The summed E-state index contributed by atoms with van der Waals surface area (Å²) in [7, 11) is 0. The van der Waals surface area contributed by atoms with Gasteiger partial charge in [0, 0.05) is 18.5 Å². The summed E-state index contributed by atoms with van der Waals surface area (Å²) in [5, 5.41) is 6.76. The number of aryl methyl sites for hydroxylation is 1. The van der Waals surface area contributed by atoms with Crippen molar-refractivity contribution in [2.75, 3.05) is 6.54 Å². The second kappa shape index (κ2) is 3.39. The zero-order valence-electron chi connectivity index (χ0n) is 8.26. The molecule has 0 atom stereocenters. The Kier molecular flexibility index (Phi) is 2.39.